The minimum atomic E-state index is -3.03. The van der Waals surface area contributed by atoms with Gasteiger partial charge in [-0.1, -0.05) is 17.4 Å². The third-order valence-electron chi connectivity index (χ3n) is 3.15. The number of anilines is 1. The summed E-state index contributed by atoms with van der Waals surface area (Å²) in [6, 6.07) is 5.62. The van der Waals surface area contributed by atoms with Gasteiger partial charge in [0.05, 0.1) is 5.75 Å². The number of nitrogens with zero attached hydrogens (tertiary/aromatic N) is 4. The minimum absolute atomic E-state index is 0.260. The minimum Gasteiger partial charge on any atom is -0.359 e. The van der Waals surface area contributed by atoms with Gasteiger partial charge >= 0.3 is 0 Å². The van der Waals surface area contributed by atoms with Crippen LogP contribution in [0, 0.1) is 0 Å². The summed E-state index contributed by atoms with van der Waals surface area (Å²) in [6.45, 7) is 1.59. The average molecular weight is 325 g/mol. The fourth-order valence-corrected chi connectivity index (χ4v) is 4.39. The molecule has 112 valence electrons. The molecule has 0 spiro atoms. The van der Waals surface area contributed by atoms with Gasteiger partial charge in [-0.2, -0.15) is 0 Å². The second kappa shape index (κ2) is 6.04. The van der Waals surface area contributed by atoms with Gasteiger partial charge in [0.2, 0.25) is 15.2 Å². The van der Waals surface area contributed by atoms with Crippen LogP contribution in [0.3, 0.4) is 0 Å². The summed E-state index contributed by atoms with van der Waals surface area (Å²) in [5, 5.41) is 12.6. The van der Waals surface area contributed by atoms with E-state index in [1.165, 1.54) is 15.6 Å². The summed E-state index contributed by atoms with van der Waals surface area (Å²) in [7, 11) is -3.03. The van der Waals surface area contributed by atoms with Gasteiger partial charge in [0.15, 0.2) is 5.01 Å². The Balaban J connectivity index is 1.56. The third kappa shape index (κ3) is 3.36. The summed E-state index contributed by atoms with van der Waals surface area (Å²) in [5.41, 5.74) is 0.783. The molecule has 0 unspecified atom stereocenters. The van der Waals surface area contributed by atoms with E-state index in [1.807, 2.05) is 18.2 Å². The van der Waals surface area contributed by atoms with Crippen LogP contribution < -0.4 is 5.32 Å². The van der Waals surface area contributed by atoms with Crippen LogP contribution >= 0.6 is 11.3 Å². The lowest BCUT2D eigenvalue weighted by Gasteiger charge is -2.13. The SMILES string of the molecule is O=S1(=O)CCCN1CCNc1nnc(-c2ccccn2)s1. The monoisotopic (exact) mass is 325 g/mol. The quantitative estimate of drug-likeness (QED) is 0.884. The number of nitrogens with one attached hydrogen (secondary N) is 1. The van der Waals surface area contributed by atoms with E-state index in [4.69, 9.17) is 0 Å². The molecule has 1 N–H and O–H groups in total. The molecule has 0 atom stereocenters. The van der Waals surface area contributed by atoms with Crippen LogP contribution in [0.2, 0.25) is 0 Å². The molecule has 1 aliphatic rings. The molecule has 2 aromatic heterocycles. The van der Waals surface area contributed by atoms with Crippen molar-refractivity contribution in [3.05, 3.63) is 24.4 Å². The number of rotatable bonds is 5. The predicted octanol–water partition coefficient (Wildman–Crippen LogP) is 1.05. The van der Waals surface area contributed by atoms with Gasteiger partial charge in [-0.25, -0.2) is 12.7 Å². The van der Waals surface area contributed by atoms with Crippen molar-refractivity contribution in [2.75, 3.05) is 30.7 Å². The van der Waals surface area contributed by atoms with Crippen molar-refractivity contribution in [3.8, 4) is 10.7 Å². The first-order chi connectivity index (χ1) is 10.1. The van der Waals surface area contributed by atoms with E-state index in [-0.39, 0.29) is 5.75 Å². The Kier molecular flexibility index (Phi) is 4.13. The summed E-state index contributed by atoms with van der Waals surface area (Å²) < 4.78 is 24.8. The van der Waals surface area contributed by atoms with Gasteiger partial charge in [0.1, 0.15) is 5.69 Å². The van der Waals surface area contributed by atoms with E-state index in [2.05, 4.69) is 20.5 Å². The zero-order chi connectivity index (χ0) is 14.7. The molecule has 21 heavy (non-hydrogen) atoms. The van der Waals surface area contributed by atoms with Crippen molar-refractivity contribution in [2.24, 2.45) is 0 Å². The Hall–Kier alpha value is -1.58. The van der Waals surface area contributed by atoms with Crippen LogP contribution in [0.1, 0.15) is 6.42 Å². The standard InChI is InChI=1S/C12H15N5O2S2/c18-21(19)9-3-7-17(21)8-6-14-12-16-15-11(20-12)10-4-1-2-5-13-10/h1-2,4-5H,3,6-9H2,(H,14,16). The smallest absolute Gasteiger partial charge is 0.214 e. The molecule has 1 fully saturated rings. The zero-order valence-corrected chi connectivity index (χ0v) is 12.9. The number of hydrogen-bond acceptors (Lipinski definition) is 7. The summed E-state index contributed by atoms with van der Waals surface area (Å²) >= 11 is 1.40. The van der Waals surface area contributed by atoms with Crippen molar-refractivity contribution >= 4 is 26.5 Å². The summed E-state index contributed by atoms with van der Waals surface area (Å²) in [6.07, 6.45) is 2.42. The highest BCUT2D eigenvalue weighted by atomic mass is 32.2. The average Bonchev–Trinajstić information content (AvgIpc) is 3.07. The van der Waals surface area contributed by atoms with E-state index in [0.717, 1.165) is 10.7 Å². The van der Waals surface area contributed by atoms with Gasteiger partial charge < -0.3 is 5.32 Å². The maximum atomic E-state index is 11.7. The second-order valence-electron chi connectivity index (χ2n) is 4.62. The normalized spacial score (nSPS) is 17.9. The first-order valence-corrected chi connectivity index (χ1v) is 9.04. The van der Waals surface area contributed by atoms with E-state index < -0.39 is 10.0 Å². The number of aromatic nitrogens is 3. The number of pyridine rings is 1. The van der Waals surface area contributed by atoms with Crippen molar-refractivity contribution in [3.63, 3.8) is 0 Å². The predicted molar refractivity (Wildman–Crippen MR) is 81.6 cm³/mol. The summed E-state index contributed by atoms with van der Waals surface area (Å²) in [5.74, 6) is 0.260. The molecule has 0 bridgehead atoms. The molecule has 0 aliphatic carbocycles. The molecule has 0 radical (unpaired) electrons. The van der Waals surface area contributed by atoms with Crippen LogP contribution in [0.15, 0.2) is 24.4 Å². The third-order valence-corrected chi connectivity index (χ3v) is 6.01. The lowest BCUT2D eigenvalue weighted by Crippen LogP contribution is -2.30. The molecule has 0 amide bonds. The van der Waals surface area contributed by atoms with E-state index >= 15 is 0 Å². The molecule has 7 nitrogen and oxygen atoms in total. The maximum absolute atomic E-state index is 11.7. The Morgan fingerprint density at radius 1 is 1.33 bits per heavy atom. The zero-order valence-electron chi connectivity index (χ0n) is 11.3. The van der Waals surface area contributed by atoms with Crippen LogP contribution in [0.25, 0.3) is 10.7 Å². The van der Waals surface area contributed by atoms with Crippen molar-refractivity contribution < 1.29 is 8.42 Å². The van der Waals surface area contributed by atoms with Crippen molar-refractivity contribution in [1.29, 1.82) is 0 Å². The van der Waals surface area contributed by atoms with Gasteiger partial charge in [-0.05, 0) is 18.6 Å². The van der Waals surface area contributed by atoms with Crippen LogP contribution in [-0.2, 0) is 10.0 Å². The molecular formula is C12H15N5O2S2. The van der Waals surface area contributed by atoms with Gasteiger partial charge in [-0.15, -0.1) is 10.2 Å². The largest absolute Gasteiger partial charge is 0.359 e. The van der Waals surface area contributed by atoms with E-state index in [1.54, 1.807) is 6.20 Å². The second-order valence-corrected chi connectivity index (χ2v) is 7.69. The highest BCUT2D eigenvalue weighted by Crippen LogP contribution is 2.24. The van der Waals surface area contributed by atoms with E-state index in [9.17, 15) is 8.42 Å². The van der Waals surface area contributed by atoms with Crippen molar-refractivity contribution in [2.45, 2.75) is 6.42 Å². The molecule has 1 aliphatic heterocycles. The Labute approximate surface area is 127 Å². The van der Waals surface area contributed by atoms with Gasteiger partial charge in [-0.3, -0.25) is 4.98 Å². The fourth-order valence-electron chi connectivity index (χ4n) is 2.12. The molecular weight excluding hydrogens is 310 g/mol. The number of hydrogen-bond donors (Lipinski definition) is 1. The topological polar surface area (TPSA) is 88.1 Å². The van der Waals surface area contributed by atoms with Crippen LogP contribution in [0.4, 0.5) is 5.13 Å². The van der Waals surface area contributed by atoms with Crippen LogP contribution in [-0.4, -0.2) is 53.3 Å². The molecule has 1 saturated heterocycles. The first kappa shape index (κ1) is 14.4. The lowest BCUT2D eigenvalue weighted by molar-refractivity contribution is 0.456. The Morgan fingerprint density at radius 3 is 2.95 bits per heavy atom. The molecule has 0 saturated carbocycles. The van der Waals surface area contributed by atoms with Gasteiger partial charge in [0.25, 0.3) is 0 Å². The van der Waals surface area contributed by atoms with Crippen molar-refractivity contribution in [1.82, 2.24) is 19.5 Å². The highest BCUT2D eigenvalue weighted by Gasteiger charge is 2.27. The molecule has 0 aromatic carbocycles. The number of sulfonamides is 1. The molecule has 2 aromatic rings. The molecule has 3 rings (SSSR count). The first-order valence-electron chi connectivity index (χ1n) is 6.62. The Bertz CT molecular complexity index is 701. The van der Waals surface area contributed by atoms with Gasteiger partial charge in [0, 0.05) is 25.8 Å². The molecule has 3 heterocycles. The molecule has 9 heteroatoms. The fraction of sp³-hybridized carbons (Fsp3) is 0.417. The summed E-state index contributed by atoms with van der Waals surface area (Å²) in [4.78, 5) is 4.22. The van der Waals surface area contributed by atoms with E-state index in [0.29, 0.717) is 31.2 Å². The van der Waals surface area contributed by atoms with Crippen LogP contribution in [0.5, 0.6) is 0 Å². The highest BCUT2D eigenvalue weighted by molar-refractivity contribution is 7.89. The lowest BCUT2D eigenvalue weighted by atomic mass is 10.4. The Morgan fingerprint density at radius 2 is 2.24 bits per heavy atom. The maximum Gasteiger partial charge on any atom is 0.214 e.